The van der Waals surface area contributed by atoms with E-state index in [2.05, 4.69) is 22.5 Å². The van der Waals surface area contributed by atoms with Crippen LogP contribution < -0.4 is 16.0 Å². The molecule has 242 valence electrons. The van der Waals surface area contributed by atoms with E-state index < -0.39 is 47.7 Å². The summed E-state index contributed by atoms with van der Waals surface area (Å²) in [6, 6.07) is 19.1. The summed E-state index contributed by atoms with van der Waals surface area (Å²) in [7, 11) is 0. The van der Waals surface area contributed by atoms with Crippen LogP contribution >= 0.6 is 0 Å². The van der Waals surface area contributed by atoms with E-state index in [1.165, 1.54) is 26.0 Å². The molecule has 2 amide bonds. The highest BCUT2D eigenvalue weighted by Gasteiger charge is 2.51. The minimum atomic E-state index is -4.81. The van der Waals surface area contributed by atoms with Crippen molar-refractivity contribution in [3.63, 3.8) is 0 Å². The third-order valence-electron chi connectivity index (χ3n) is 8.06. The minimum absolute atomic E-state index is 0.0577. The van der Waals surface area contributed by atoms with Crippen molar-refractivity contribution in [2.45, 2.75) is 74.9 Å². The molecule has 0 radical (unpaired) electrons. The molecule has 6 nitrogen and oxygen atoms in total. The van der Waals surface area contributed by atoms with Crippen LogP contribution in [0, 0.1) is 11.3 Å². The van der Waals surface area contributed by atoms with Gasteiger partial charge in [-0.05, 0) is 54.5 Å². The van der Waals surface area contributed by atoms with Gasteiger partial charge in [-0.25, -0.2) is 4.39 Å². The van der Waals surface area contributed by atoms with Crippen LogP contribution in [0.25, 0.3) is 11.1 Å². The van der Waals surface area contributed by atoms with Crippen molar-refractivity contribution in [3.8, 4) is 17.2 Å². The predicted molar refractivity (Wildman–Crippen MR) is 169 cm³/mol. The van der Waals surface area contributed by atoms with Crippen LogP contribution in [0.4, 0.5) is 17.6 Å². The standard InChI is InChI=1S/C36H38F4N4O2/c1-4-20-42-33(46)35(18-19-35)28-16-14-26(15-17-28)25-10-12-27(13-11-25)31(36(38,39)40)44-30(22-34(2,3)37)32(45)43-29(23-41)21-24-8-6-5-7-9-24/h4-17,29-31,44H,1,18-22H2,2-3H3,(H,42,46)(H,43,45)/t29?,30-,31-/m0/s1. The molecule has 3 N–H and O–H groups in total. The minimum Gasteiger partial charge on any atom is -0.352 e. The van der Waals surface area contributed by atoms with E-state index in [1.807, 2.05) is 30.3 Å². The molecular formula is C36H38F4N4O2. The van der Waals surface area contributed by atoms with Crippen molar-refractivity contribution < 1.29 is 27.2 Å². The first-order chi connectivity index (χ1) is 21.8. The second kappa shape index (κ2) is 14.3. The zero-order chi connectivity index (χ0) is 33.5. The van der Waals surface area contributed by atoms with Gasteiger partial charge in [0.15, 0.2) is 0 Å². The highest BCUT2D eigenvalue weighted by atomic mass is 19.4. The van der Waals surface area contributed by atoms with Gasteiger partial charge in [-0.2, -0.15) is 18.4 Å². The Kier molecular flexibility index (Phi) is 10.7. The number of hydrogen-bond acceptors (Lipinski definition) is 4. The maximum absolute atomic E-state index is 14.8. The summed E-state index contributed by atoms with van der Waals surface area (Å²) in [6.07, 6.45) is -2.13. The number of hydrogen-bond donors (Lipinski definition) is 3. The number of amides is 2. The molecule has 0 heterocycles. The van der Waals surface area contributed by atoms with E-state index >= 15 is 0 Å². The Balaban J connectivity index is 1.51. The van der Waals surface area contributed by atoms with Gasteiger partial charge in [0.05, 0.1) is 17.5 Å². The fraction of sp³-hybridized carbons (Fsp3) is 0.361. The van der Waals surface area contributed by atoms with E-state index in [9.17, 15) is 32.4 Å². The molecule has 0 aromatic heterocycles. The molecule has 4 rings (SSSR count). The van der Waals surface area contributed by atoms with Gasteiger partial charge in [-0.1, -0.05) is 84.9 Å². The molecule has 3 aromatic carbocycles. The molecule has 0 spiro atoms. The third kappa shape index (κ3) is 8.82. The lowest BCUT2D eigenvalue weighted by Crippen LogP contribution is -2.53. The topological polar surface area (TPSA) is 94.0 Å². The molecule has 1 aliphatic carbocycles. The maximum atomic E-state index is 14.8. The SMILES string of the molecule is C=CCNC(=O)C1(c2ccc(-c3ccc([C@H](N[C@@H](CC(C)(C)F)C(=O)NC(C#N)Cc4ccccc4)C(F)(F)F)cc3)cc2)CC1. The highest BCUT2D eigenvalue weighted by molar-refractivity contribution is 5.91. The largest absolute Gasteiger partial charge is 0.407 e. The van der Waals surface area contributed by atoms with Crippen LogP contribution in [0.15, 0.2) is 91.5 Å². The fourth-order valence-corrected chi connectivity index (χ4v) is 5.50. The van der Waals surface area contributed by atoms with E-state index in [-0.39, 0.29) is 17.9 Å². The van der Waals surface area contributed by atoms with E-state index in [0.717, 1.165) is 29.5 Å². The summed E-state index contributed by atoms with van der Waals surface area (Å²) in [5, 5.41) is 17.3. The van der Waals surface area contributed by atoms with Crippen LogP contribution in [0.3, 0.4) is 0 Å². The average molecular weight is 635 g/mol. The molecule has 0 aliphatic heterocycles. The predicted octanol–water partition coefficient (Wildman–Crippen LogP) is 6.64. The van der Waals surface area contributed by atoms with Gasteiger partial charge < -0.3 is 10.6 Å². The molecule has 3 aromatic rings. The van der Waals surface area contributed by atoms with Crippen LogP contribution in [0.2, 0.25) is 0 Å². The van der Waals surface area contributed by atoms with Crippen LogP contribution in [-0.2, 0) is 21.4 Å². The zero-order valence-electron chi connectivity index (χ0n) is 25.8. The summed E-state index contributed by atoms with van der Waals surface area (Å²) < 4.78 is 58.1. The van der Waals surface area contributed by atoms with Crippen molar-refractivity contribution in [2.75, 3.05) is 6.54 Å². The number of rotatable bonds is 14. The fourth-order valence-electron chi connectivity index (χ4n) is 5.50. The number of benzene rings is 3. The number of carbonyl (C=O) groups excluding carboxylic acids is 2. The summed E-state index contributed by atoms with van der Waals surface area (Å²) in [4.78, 5) is 25.9. The first kappa shape index (κ1) is 34.4. The van der Waals surface area contributed by atoms with Gasteiger partial charge in [-0.15, -0.1) is 6.58 Å². The monoisotopic (exact) mass is 634 g/mol. The van der Waals surface area contributed by atoms with Gasteiger partial charge in [0.25, 0.3) is 0 Å². The molecule has 1 fully saturated rings. The van der Waals surface area contributed by atoms with Gasteiger partial charge in [0, 0.05) is 19.4 Å². The summed E-state index contributed by atoms with van der Waals surface area (Å²) in [5.74, 6) is -0.955. The van der Waals surface area contributed by atoms with Crippen molar-refractivity contribution >= 4 is 11.8 Å². The summed E-state index contributed by atoms with van der Waals surface area (Å²) in [5.41, 5.74) is 0.351. The maximum Gasteiger partial charge on any atom is 0.407 e. The molecule has 10 heteroatoms. The Hall–Kier alpha value is -4.49. The van der Waals surface area contributed by atoms with Gasteiger partial charge in [0.2, 0.25) is 11.8 Å². The first-order valence-corrected chi connectivity index (χ1v) is 15.1. The Morgan fingerprint density at radius 1 is 0.957 bits per heavy atom. The molecule has 1 saturated carbocycles. The lowest BCUT2D eigenvalue weighted by molar-refractivity contribution is -0.161. The molecule has 0 bridgehead atoms. The van der Waals surface area contributed by atoms with E-state index in [1.54, 1.807) is 48.5 Å². The molecule has 0 saturated heterocycles. The lowest BCUT2D eigenvalue weighted by Gasteiger charge is -2.30. The quantitative estimate of drug-likeness (QED) is 0.137. The number of carbonyl (C=O) groups is 2. The Morgan fingerprint density at radius 2 is 1.54 bits per heavy atom. The second-order valence-corrected chi connectivity index (χ2v) is 12.3. The number of alkyl halides is 4. The number of nitrogens with zero attached hydrogens (tertiary/aromatic N) is 1. The second-order valence-electron chi connectivity index (χ2n) is 12.3. The first-order valence-electron chi connectivity index (χ1n) is 15.1. The van der Waals surface area contributed by atoms with Gasteiger partial charge >= 0.3 is 6.18 Å². The summed E-state index contributed by atoms with van der Waals surface area (Å²) in [6.45, 7) is 6.37. The van der Waals surface area contributed by atoms with Crippen molar-refractivity contribution in [1.29, 1.82) is 5.26 Å². The number of halogens is 4. The number of nitrogens with one attached hydrogen (secondary N) is 3. The zero-order valence-corrected chi connectivity index (χ0v) is 25.8. The molecular weight excluding hydrogens is 596 g/mol. The van der Waals surface area contributed by atoms with E-state index in [4.69, 9.17) is 0 Å². The molecule has 1 aliphatic rings. The normalized spacial score (nSPS) is 15.9. The van der Waals surface area contributed by atoms with Crippen molar-refractivity contribution in [2.24, 2.45) is 0 Å². The van der Waals surface area contributed by atoms with Crippen LogP contribution in [0.5, 0.6) is 0 Å². The Bertz CT molecular complexity index is 1540. The van der Waals surface area contributed by atoms with Crippen LogP contribution in [-0.4, -0.2) is 42.3 Å². The lowest BCUT2D eigenvalue weighted by atomic mass is 9.92. The Morgan fingerprint density at radius 3 is 2.04 bits per heavy atom. The van der Waals surface area contributed by atoms with Crippen LogP contribution in [0.1, 0.15) is 55.8 Å². The van der Waals surface area contributed by atoms with Gasteiger partial charge in [0.1, 0.15) is 17.8 Å². The number of nitriles is 1. The molecule has 46 heavy (non-hydrogen) atoms. The third-order valence-corrected chi connectivity index (χ3v) is 8.06. The molecule has 1 unspecified atom stereocenters. The van der Waals surface area contributed by atoms with Crippen molar-refractivity contribution in [1.82, 2.24) is 16.0 Å². The smallest absolute Gasteiger partial charge is 0.352 e. The Labute approximate surface area is 266 Å². The molecule has 3 atom stereocenters. The van der Waals surface area contributed by atoms with Gasteiger partial charge in [-0.3, -0.25) is 14.9 Å². The van der Waals surface area contributed by atoms with Crippen molar-refractivity contribution in [3.05, 3.63) is 108 Å². The van der Waals surface area contributed by atoms with E-state index in [0.29, 0.717) is 12.1 Å². The highest BCUT2D eigenvalue weighted by Crippen LogP contribution is 2.48. The average Bonchev–Trinajstić information content (AvgIpc) is 3.83. The summed E-state index contributed by atoms with van der Waals surface area (Å²) >= 11 is 0.